The molecule has 3 rings (SSSR count). The number of hydrogen-bond acceptors (Lipinski definition) is 6. The maximum atomic E-state index is 12.0. The van der Waals surface area contributed by atoms with Crippen LogP contribution in [-0.4, -0.2) is 37.4 Å². The topological polar surface area (TPSA) is 82.0 Å². The van der Waals surface area contributed by atoms with Crippen molar-refractivity contribution in [1.82, 2.24) is 10.4 Å². The number of rotatable bonds is 10. The summed E-state index contributed by atoms with van der Waals surface area (Å²) in [6.07, 6.45) is 5.39. The molecule has 1 aromatic heterocycles. The lowest BCUT2D eigenvalue weighted by atomic mass is 10.2. The maximum absolute atomic E-state index is 12.0. The molecule has 0 radical (unpaired) electrons. The van der Waals surface area contributed by atoms with Gasteiger partial charge in [-0.3, -0.25) is 9.78 Å². The number of nitrogens with zero attached hydrogens (tertiary/aromatic N) is 2. The summed E-state index contributed by atoms with van der Waals surface area (Å²) in [5.74, 6) is 1.80. The van der Waals surface area contributed by atoms with Gasteiger partial charge in [0.15, 0.2) is 11.5 Å². The Morgan fingerprint density at radius 3 is 2.48 bits per heavy atom. The van der Waals surface area contributed by atoms with E-state index < -0.39 is 0 Å². The molecule has 1 amide bonds. The molecule has 0 atom stereocenters. The Balaban J connectivity index is 1.47. The minimum Gasteiger partial charge on any atom is -0.493 e. The summed E-state index contributed by atoms with van der Waals surface area (Å²) in [6, 6.07) is 16.6. The number of methoxy groups -OCH3 is 1. The van der Waals surface area contributed by atoms with Crippen LogP contribution in [0.25, 0.3) is 0 Å². The maximum Gasteiger partial charge on any atom is 0.271 e. The van der Waals surface area contributed by atoms with Gasteiger partial charge in [-0.1, -0.05) is 18.2 Å². The van der Waals surface area contributed by atoms with Gasteiger partial charge in [-0.15, -0.1) is 0 Å². The summed E-state index contributed by atoms with van der Waals surface area (Å²) in [4.78, 5) is 15.9. The highest BCUT2D eigenvalue weighted by molar-refractivity contribution is 5.94. The zero-order valence-electron chi connectivity index (χ0n) is 17.6. The fraction of sp³-hybridized carbons (Fsp3) is 0.208. The zero-order valence-corrected chi connectivity index (χ0v) is 17.6. The molecule has 3 aromatic rings. The van der Waals surface area contributed by atoms with Crippen LogP contribution in [0, 0.1) is 6.92 Å². The molecule has 0 fully saturated rings. The van der Waals surface area contributed by atoms with Crippen molar-refractivity contribution in [2.75, 3.05) is 20.3 Å². The van der Waals surface area contributed by atoms with Gasteiger partial charge in [0.05, 0.1) is 26.5 Å². The first-order valence-corrected chi connectivity index (χ1v) is 9.90. The molecule has 0 spiro atoms. The molecule has 0 saturated carbocycles. The second kappa shape index (κ2) is 11.3. The first-order valence-electron chi connectivity index (χ1n) is 9.90. The van der Waals surface area contributed by atoms with E-state index in [-0.39, 0.29) is 5.91 Å². The van der Waals surface area contributed by atoms with E-state index in [1.807, 2.05) is 43.3 Å². The smallest absolute Gasteiger partial charge is 0.271 e. The Bertz CT molecular complexity index is 1020. The summed E-state index contributed by atoms with van der Waals surface area (Å²) in [7, 11) is 1.58. The molecule has 2 aromatic carbocycles. The van der Waals surface area contributed by atoms with E-state index >= 15 is 0 Å². The third-order valence-corrected chi connectivity index (χ3v) is 4.41. The predicted octanol–water partition coefficient (Wildman–Crippen LogP) is 4.01. The second-order valence-electron chi connectivity index (χ2n) is 6.66. The number of carbonyl (C=O) groups is 1. The van der Waals surface area contributed by atoms with Crippen molar-refractivity contribution in [3.05, 3.63) is 83.7 Å². The average molecular weight is 419 g/mol. The van der Waals surface area contributed by atoms with Gasteiger partial charge in [0.25, 0.3) is 5.91 Å². The number of aryl methyl sites for hydroxylation is 1. The van der Waals surface area contributed by atoms with Gasteiger partial charge in [-0.05, 0) is 54.4 Å². The number of hydrogen-bond donors (Lipinski definition) is 1. The molecule has 0 bridgehead atoms. The van der Waals surface area contributed by atoms with Crippen LogP contribution >= 0.6 is 0 Å². The number of nitrogens with one attached hydrogen (secondary N) is 1. The van der Waals surface area contributed by atoms with Crippen LogP contribution in [0.5, 0.6) is 17.2 Å². The van der Waals surface area contributed by atoms with Crippen LogP contribution in [0.2, 0.25) is 0 Å². The number of para-hydroxylation sites is 1. The van der Waals surface area contributed by atoms with Crippen molar-refractivity contribution < 1.29 is 19.0 Å². The van der Waals surface area contributed by atoms with E-state index in [0.717, 1.165) is 23.3 Å². The molecule has 0 saturated heterocycles. The third kappa shape index (κ3) is 6.57. The molecule has 1 heterocycles. The minimum absolute atomic E-state index is 0.307. The van der Waals surface area contributed by atoms with Crippen LogP contribution in [0.15, 0.2) is 72.1 Å². The fourth-order valence-electron chi connectivity index (χ4n) is 2.76. The molecular formula is C24H25N3O4. The first-order chi connectivity index (χ1) is 15.2. The molecule has 0 unspecified atom stereocenters. The minimum atomic E-state index is -0.307. The highest BCUT2D eigenvalue weighted by Gasteiger charge is 2.06. The Morgan fingerprint density at radius 2 is 1.74 bits per heavy atom. The summed E-state index contributed by atoms with van der Waals surface area (Å²) in [6.45, 7) is 3.08. The lowest BCUT2D eigenvalue weighted by molar-refractivity contribution is 0.0955. The Labute approximate surface area is 181 Å². The SMILES string of the molecule is COc1cc(/C=N\NC(=O)c2ccncc2)ccc1OCCCOc1ccccc1C. The van der Waals surface area contributed by atoms with Crippen molar-refractivity contribution in [2.45, 2.75) is 13.3 Å². The number of amides is 1. The van der Waals surface area contributed by atoms with Gasteiger partial charge in [0.2, 0.25) is 0 Å². The number of carbonyl (C=O) groups excluding carboxylic acids is 1. The van der Waals surface area contributed by atoms with E-state index in [1.165, 1.54) is 0 Å². The predicted molar refractivity (Wildman–Crippen MR) is 119 cm³/mol. The molecule has 160 valence electrons. The van der Waals surface area contributed by atoms with Crippen molar-refractivity contribution in [1.29, 1.82) is 0 Å². The number of hydrazone groups is 1. The van der Waals surface area contributed by atoms with Gasteiger partial charge < -0.3 is 14.2 Å². The van der Waals surface area contributed by atoms with E-state index in [9.17, 15) is 4.79 Å². The van der Waals surface area contributed by atoms with Crippen LogP contribution in [0.4, 0.5) is 0 Å². The summed E-state index contributed by atoms with van der Waals surface area (Å²) in [5.41, 5.74) is 4.84. The largest absolute Gasteiger partial charge is 0.493 e. The third-order valence-electron chi connectivity index (χ3n) is 4.41. The van der Waals surface area contributed by atoms with Gasteiger partial charge in [-0.2, -0.15) is 5.10 Å². The monoisotopic (exact) mass is 419 g/mol. The highest BCUT2D eigenvalue weighted by Crippen LogP contribution is 2.27. The fourth-order valence-corrected chi connectivity index (χ4v) is 2.76. The van der Waals surface area contributed by atoms with Crippen LogP contribution in [-0.2, 0) is 0 Å². The molecule has 7 nitrogen and oxygen atoms in total. The standard InChI is InChI=1S/C24H25N3O4/c1-18-6-3-4-7-21(18)30-14-5-15-31-22-9-8-19(16-23(22)29-2)17-26-27-24(28)20-10-12-25-13-11-20/h3-4,6-13,16-17H,5,14-15H2,1-2H3,(H,27,28)/b26-17-. The lowest BCUT2D eigenvalue weighted by Crippen LogP contribution is -2.17. The molecule has 0 aliphatic rings. The van der Waals surface area contributed by atoms with Crippen molar-refractivity contribution in [3.8, 4) is 17.2 Å². The number of pyridine rings is 1. The summed E-state index contributed by atoms with van der Waals surface area (Å²) >= 11 is 0. The Kier molecular flexibility index (Phi) is 7.99. The van der Waals surface area contributed by atoms with Crippen molar-refractivity contribution in [2.24, 2.45) is 5.10 Å². The van der Waals surface area contributed by atoms with Crippen LogP contribution in [0.1, 0.15) is 27.9 Å². The van der Waals surface area contributed by atoms with Gasteiger partial charge >= 0.3 is 0 Å². The Hall–Kier alpha value is -3.87. The zero-order chi connectivity index (χ0) is 21.9. The molecule has 1 N–H and O–H groups in total. The van der Waals surface area contributed by atoms with E-state index in [0.29, 0.717) is 30.3 Å². The van der Waals surface area contributed by atoms with Crippen molar-refractivity contribution in [3.63, 3.8) is 0 Å². The molecule has 7 heteroatoms. The molecular weight excluding hydrogens is 394 g/mol. The number of benzene rings is 2. The first kappa shape index (κ1) is 21.8. The second-order valence-corrected chi connectivity index (χ2v) is 6.66. The van der Waals surface area contributed by atoms with Gasteiger partial charge in [-0.25, -0.2) is 5.43 Å². The number of aromatic nitrogens is 1. The van der Waals surface area contributed by atoms with Crippen LogP contribution in [0.3, 0.4) is 0 Å². The molecule has 0 aliphatic heterocycles. The summed E-state index contributed by atoms with van der Waals surface area (Å²) < 4.78 is 17.0. The number of ether oxygens (including phenoxy) is 3. The van der Waals surface area contributed by atoms with Gasteiger partial charge in [0.1, 0.15) is 5.75 Å². The normalized spacial score (nSPS) is 10.6. The molecule has 31 heavy (non-hydrogen) atoms. The van der Waals surface area contributed by atoms with Crippen molar-refractivity contribution >= 4 is 12.1 Å². The van der Waals surface area contributed by atoms with Gasteiger partial charge in [0, 0.05) is 24.4 Å². The van der Waals surface area contributed by atoms with E-state index in [4.69, 9.17) is 14.2 Å². The Morgan fingerprint density at radius 1 is 1.00 bits per heavy atom. The average Bonchev–Trinajstić information content (AvgIpc) is 2.81. The van der Waals surface area contributed by atoms with E-state index in [1.54, 1.807) is 43.9 Å². The summed E-state index contributed by atoms with van der Waals surface area (Å²) in [5, 5.41) is 3.99. The molecule has 0 aliphatic carbocycles. The van der Waals surface area contributed by atoms with E-state index in [2.05, 4.69) is 15.5 Å². The highest BCUT2D eigenvalue weighted by atomic mass is 16.5. The quantitative estimate of drug-likeness (QED) is 0.305. The van der Waals surface area contributed by atoms with Crippen LogP contribution < -0.4 is 19.6 Å². The lowest BCUT2D eigenvalue weighted by Gasteiger charge is -2.12.